The number of rotatable bonds is 6. The molecule has 1 nitrogen and oxygen atoms in total. The third kappa shape index (κ3) is 3.59. The van der Waals surface area contributed by atoms with Crippen molar-refractivity contribution in [2.75, 3.05) is 13.1 Å². The van der Waals surface area contributed by atoms with Gasteiger partial charge in [-0.15, -0.1) is 0 Å². The molecule has 112 valence electrons. The molecule has 0 bridgehead atoms. The normalized spacial score (nSPS) is 19.9. The van der Waals surface area contributed by atoms with Crippen LogP contribution >= 0.6 is 12.6 Å². The van der Waals surface area contributed by atoms with Crippen LogP contribution in [0.5, 0.6) is 0 Å². The number of benzene rings is 1. The van der Waals surface area contributed by atoms with Gasteiger partial charge in [-0.1, -0.05) is 32.0 Å². The van der Waals surface area contributed by atoms with E-state index in [0.717, 1.165) is 6.04 Å². The Morgan fingerprint density at radius 1 is 1.25 bits per heavy atom. The van der Waals surface area contributed by atoms with Crippen molar-refractivity contribution in [1.82, 2.24) is 4.90 Å². The minimum Gasteiger partial charge on any atom is -0.300 e. The molecule has 0 fully saturated rings. The number of thiol groups is 1. The van der Waals surface area contributed by atoms with Crippen molar-refractivity contribution in [2.45, 2.75) is 64.2 Å². The summed E-state index contributed by atoms with van der Waals surface area (Å²) in [4.78, 5) is 2.71. The lowest BCUT2D eigenvalue weighted by molar-refractivity contribution is 0.179. The van der Waals surface area contributed by atoms with E-state index in [4.69, 9.17) is 0 Å². The summed E-state index contributed by atoms with van der Waals surface area (Å²) in [6, 6.07) is 7.52. The Labute approximate surface area is 130 Å². The predicted molar refractivity (Wildman–Crippen MR) is 91.8 cm³/mol. The number of fused-ring (bicyclic) bond motifs is 1. The third-order valence-corrected chi connectivity index (χ3v) is 4.76. The SMILES string of the molecule is CCCN(CCC)C1CCc2cccc(C(C)S)c2C1. The molecule has 1 aromatic rings. The number of aryl methyl sites for hydroxylation is 1. The van der Waals surface area contributed by atoms with E-state index in [9.17, 15) is 0 Å². The first-order valence-electron chi connectivity index (χ1n) is 8.20. The van der Waals surface area contributed by atoms with Crippen LogP contribution in [0, 0.1) is 0 Å². The molecule has 0 radical (unpaired) electrons. The molecule has 2 heteroatoms. The topological polar surface area (TPSA) is 3.24 Å². The highest BCUT2D eigenvalue weighted by Crippen LogP contribution is 2.32. The van der Waals surface area contributed by atoms with E-state index in [1.807, 2.05) is 0 Å². The van der Waals surface area contributed by atoms with Crippen LogP contribution in [0.3, 0.4) is 0 Å². The van der Waals surface area contributed by atoms with E-state index >= 15 is 0 Å². The standard InChI is InChI=1S/C18H29NS/c1-4-11-19(12-5-2)16-10-9-15-7-6-8-17(14(3)20)18(15)13-16/h6-8,14,16,20H,4-5,9-13H2,1-3H3. The Kier molecular flexibility index (Phi) is 5.98. The van der Waals surface area contributed by atoms with E-state index in [1.54, 1.807) is 11.1 Å². The molecule has 2 atom stereocenters. The van der Waals surface area contributed by atoms with Crippen molar-refractivity contribution in [3.63, 3.8) is 0 Å². The molecular formula is C18H29NS. The highest BCUT2D eigenvalue weighted by Gasteiger charge is 2.25. The Hall–Kier alpha value is -0.470. The Balaban J connectivity index is 2.20. The van der Waals surface area contributed by atoms with Gasteiger partial charge >= 0.3 is 0 Å². The predicted octanol–water partition coefficient (Wildman–Crippen LogP) is 4.66. The molecule has 0 aromatic heterocycles. The molecule has 1 aliphatic carbocycles. The summed E-state index contributed by atoms with van der Waals surface area (Å²) >= 11 is 4.67. The summed E-state index contributed by atoms with van der Waals surface area (Å²) in [5.41, 5.74) is 4.60. The molecule has 0 aliphatic heterocycles. The van der Waals surface area contributed by atoms with Gasteiger partial charge in [0.1, 0.15) is 0 Å². The number of nitrogens with zero attached hydrogens (tertiary/aromatic N) is 1. The molecule has 0 saturated heterocycles. The lowest BCUT2D eigenvalue weighted by Gasteiger charge is -2.36. The molecule has 1 aromatic carbocycles. The summed E-state index contributed by atoms with van der Waals surface area (Å²) in [6.07, 6.45) is 6.29. The van der Waals surface area contributed by atoms with Gasteiger partial charge in [0.25, 0.3) is 0 Å². The Morgan fingerprint density at radius 2 is 1.95 bits per heavy atom. The minimum absolute atomic E-state index is 0.342. The second-order valence-corrected chi connectivity index (χ2v) is 6.87. The first kappa shape index (κ1) is 15.9. The van der Waals surface area contributed by atoms with Crippen LogP contribution in [0.25, 0.3) is 0 Å². The van der Waals surface area contributed by atoms with Gasteiger partial charge < -0.3 is 4.90 Å². The van der Waals surface area contributed by atoms with Crippen LogP contribution in [0.1, 0.15) is 62.0 Å². The zero-order valence-corrected chi connectivity index (χ0v) is 14.1. The lowest BCUT2D eigenvalue weighted by atomic mass is 9.84. The van der Waals surface area contributed by atoms with E-state index < -0.39 is 0 Å². The fourth-order valence-electron chi connectivity index (χ4n) is 3.55. The monoisotopic (exact) mass is 291 g/mol. The zero-order valence-electron chi connectivity index (χ0n) is 13.2. The molecular weight excluding hydrogens is 262 g/mol. The fraction of sp³-hybridized carbons (Fsp3) is 0.667. The van der Waals surface area contributed by atoms with Crippen LogP contribution in [-0.4, -0.2) is 24.0 Å². The average Bonchev–Trinajstić information content (AvgIpc) is 2.45. The third-order valence-electron chi connectivity index (χ3n) is 4.48. The van der Waals surface area contributed by atoms with Crippen molar-refractivity contribution in [3.05, 3.63) is 34.9 Å². The molecule has 2 unspecified atom stereocenters. The zero-order chi connectivity index (χ0) is 14.5. The molecule has 0 heterocycles. The van der Waals surface area contributed by atoms with E-state index in [-0.39, 0.29) is 0 Å². The molecule has 0 N–H and O–H groups in total. The van der Waals surface area contributed by atoms with Crippen molar-refractivity contribution in [1.29, 1.82) is 0 Å². The highest BCUT2D eigenvalue weighted by atomic mass is 32.1. The molecule has 0 saturated carbocycles. The van der Waals surface area contributed by atoms with Gasteiger partial charge in [-0.2, -0.15) is 12.6 Å². The van der Waals surface area contributed by atoms with Crippen molar-refractivity contribution in [2.24, 2.45) is 0 Å². The summed E-state index contributed by atoms with van der Waals surface area (Å²) < 4.78 is 0. The molecule has 1 aliphatic rings. The van der Waals surface area contributed by atoms with Gasteiger partial charge in [0, 0.05) is 11.3 Å². The molecule has 0 amide bonds. The van der Waals surface area contributed by atoms with E-state index in [0.29, 0.717) is 5.25 Å². The first-order valence-corrected chi connectivity index (χ1v) is 8.71. The van der Waals surface area contributed by atoms with Crippen LogP contribution in [-0.2, 0) is 12.8 Å². The summed E-state index contributed by atoms with van der Waals surface area (Å²) in [6.45, 7) is 9.26. The molecule has 0 spiro atoms. The van der Waals surface area contributed by atoms with Crippen LogP contribution in [0.15, 0.2) is 18.2 Å². The second-order valence-electron chi connectivity index (χ2n) is 6.09. The van der Waals surface area contributed by atoms with Gasteiger partial charge in [0.2, 0.25) is 0 Å². The first-order chi connectivity index (χ1) is 9.67. The number of hydrogen-bond donors (Lipinski definition) is 1. The Morgan fingerprint density at radius 3 is 2.55 bits per heavy atom. The number of hydrogen-bond acceptors (Lipinski definition) is 2. The van der Waals surface area contributed by atoms with E-state index in [1.165, 1.54) is 50.8 Å². The largest absolute Gasteiger partial charge is 0.300 e. The second kappa shape index (κ2) is 7.51. The van der Waals surface area contributed by atoms with Crippen molar-refractivity contribution >= 4 is 12.6 Å². The maximum Gasteiger partial charge on any atom is 0.0241 e. The van der Waals surface area contributed by atoms with Gasteiger partial charge in [-0.25, -0.2) is 0 Å². The maximum absolute atomic E-state index is 4.67. The van der Waals surface area contributed by atoms with Gasteiger partial charge in [-0.05, 0) is 68.8 Å². The van der Waals surface area contributed by atoms with E-state index in [2.05, 4.69) is 56.5 Å². The van der Waals surface area contributed by atoms with Gasteiger partial charge in [0.05, 0.1) is 0 Å². The summed E-state index contributed by atoms with van der Waals surface area (Å²) in [7, 11) is 0. The maximum atomic E-state index is 4.67. The smallest absolute Gasteiger partial charge is 0.0241 e. The average molecular weight is 292 g/mol. The van der Waals surface area contributed by atoms with Crippen LogP contribution in [0.2, 0.25) is 0 Å². The molecule has 2 rings (SSSR count). The van der Waals surface area contributed by atoms with Gasteiger partial charge in [0.15, 0.2) is 0 Å². The van der Waals surface area contributed by atoms with Crippen LogP contribution in [0.4, 0.5) is 0 Å². The summed E-state index contributed by atoms with van der Waals surface area (Å²) in [5.74, 6) is 0. The summed E-state index contributed by atoms with van der Waals surface area (Å²) in [5, 5.41) is 0.342. The fourth-order valence-corrected chi connectivity index (χ4v) is 3.79. The quantitative estimate of drug-likeness (QED) is 0.746. The lowest BCUT2D eigenvalue weighted by Crippen LogP contribution is -2.40. The van der Waals surface area contributed by atoms with Crippen molar-refractivity contribution in [3.8, 4) is 0 Å². The van der Waals surface area contributed by atoms with Gasteiger partial charge in [-0.3, -0.25) is 0 Å². The highest BCUT2D eigenvalue weighted by molar-refractivity contribution is 7.80. The van der Waals surface area contributed by atoms with Crippen LogP contribution < -0.4 is 0 Å². The Bertz CT molecular complexity index is 421. The molecule has 20 heavy (non-hydrogen) atoms. The van der Waals surface area contributed by atoms with Crippen molar-refractivity contribution < 1.29 is 0 Å². The minimum atomic E-state index is 0.342.